The van der Waals surface area contributed by atoms with Crippen LogP contribution in [0.25, 0.3) is 0 Å². The molecule has 0 radical (unpaired) electrons. The highest BCUT2D eigenvalue weighted by Gasteiger charge is 2.17. The molecule has 1 aromatic heterocycles. The molecule has 0 aliphatic carbocycles. The van der Waals surface area contributed by atoms with Gasteiger partial charge in [-0.15, -0.1) is 0 Å². The zero-order valence-corrected chi connectivity index (χ0v) is 10.1. The van der Waals surface area contributed by atoms with Gasteiger partial charge in [-0.05, 0) is 38.1 Å². The Morgan fingerprint density at radius 2 is 2.17 bits per heavy atom. The fourth-order valence-corrected chi connectivity index (χ4v) is 2.14. The van der Waals surface area contributed by atoms with E-state index in [0.717, 1.165) is 25.9 Å². The Balaban J connectivity index is 1.90. The maximum absolute atomic E-state index is 11.8. The van der Waals surface area contributed by atoms with Crippen molar-refractivity contribution in [1.82, 2.24) is 15.2 Å². The van der Waals surface area contributed by atoms with E-state index in [1.165, 1.54) is 10.6 Å². The molecule has 2 rings (SSSR count). The van der Waals surface area contributed by atoms with Crippen LogP contribution < -0.4 is 10.6 Å². The minimum atomic E-state index is -1.02. The van der Waals surface area contributed by atoms with Gasteiger partial charge in [0.25, 0.3) is 0 Å². The largest absolute Gasteiger partial charge is 0.477 e. The SMILES string of the molecule is O=C(Cn1cccc1C(=O)O)NC1CCNCC1. The van der Waals surface area contributed by atoms with Crippen molar-refractivity contribution in [3.8, 4) is 0 Å². The summed E-state index contributed by atoms with van der Waals surface area (Å²) in [6.45, 7) is 1.88. The Labute approximate surface area is 105 Å². The predicted octanol–water partition coefficient (Wildman–Crippen LogP) is 0.0545. The minimum Gasteiger partial charge on any atom is -0.477 e. The van der Waals surface area contributed by atoms with E-state index in [1.807, 2.05) is 0 Å². The van der Waals surface area contributed by atoms with Crippen LogP contribution in [-0.4, -0.2) is 40.7 Å². The van der Waals surface area contributed by atoms with Crippen LogP contribution in [-0.2, 0) is 11.3 Å². The smallest absolute Gasteiger partial charge is 0.352 e. The molecule has 0 unspecified atom stereocenters. The summed E-state index contributed by atoms with van der Waals surface area (Å²) >= 11 is 0. The molecule has 3 N–H and O–H groups in total. The molecule has 98 valence electrons. The third-order valence-corrected chi connectivity index (χ3v) is 3.07. The maximum atomic E-state index is 11.8. The van der Waals surface area contributed by atoms with Gasteiger partial charge in [-0.1, -0.05) is 0 Å². The third-order valence-electron chi connectivity index (χ3n) is 3.07. The first-order valence-corrected chi connectivity index (χ1v) is 6.05. The number of piperidine rings is 1. The predicted molar refractivity (Wildman–Crippen MR) is 65.4 cm³/mol. The Hall–Kier alpha value is -1.82. The van der Waals surface area contributed by atoms with Crippen molar-refractivity contribution >= 4 is 11.9 Å². The number of rotatable bonds is 4. The Morgan fingerprint density at radius 1 is 1.44 bits per heavy atom. The van der Waals surface area contributed by atoms with E-state index >= 15 is 0 Å². The van der Waals surface area contributed by atoms with Gasteiger partial charge in [-0.3, -0.25) is 4.79 Å². The highest BCUT2D eigenvalue weighted by atomic mass is 16.4. The van der Waals surface area contributed by atoms with Crippen LogP contribution in [0.4, 0.5) is 0 Å². The zero-order chi connectivity index (χ0) is 13.0. The summed E-state index contributed by atoms with van der Waals surface area (Å²) in [7, 11) is 0. The Bertz CT molecular complexity index is 436. The van der Waals surface area contributed by atoms with Gasteiger partial charge in [-0.2, -0.15) is 0 Å². The van der Waals surface area contributed by atoms with E-state index in [1.54, 1.807) is 12.3 Å². The highest BCUT2D eigenvalue weighted by Crippen LogP contribution is 2.04. The van der Waals surface area contributed by atoms with Gasteiger partial charge < -0.3 is 20.3 Å². The lowest BCUT2D eigenvalue weighted by atomic mass is 10.1. The summed E-state index contributed by atoms with van der Waals surface area (Å²) < 4.78 is 1.44. The molecule has 1 amide bonds. The normalized spacial score (nSPS) is 16.4. The van der Waals surface area contributed by atoms with Crippen molar-refractivity contribution in [2.45, 2.75) is 25.4 Å². The van der Waals surface area contributed by atoms with Crippen LogP contribution in [0.3, 0.4) is 0 Å². The van der Waals surface area contributed by atoms with Crippen molar-refractivity contribution in [2.24, 2.45) is 0 Å². The topological polar surface area (TPSA) is 83.4 Å². The summed E-state index contributed by atoms with van der Waals surface area (Å²) in [4.78, 5) is 22.7. The number of aromatic carboxylic acids is 1. The van der Waals surface area contributed by atoms with E-state index in [-0.39, 0.29) is 24.2 Å². The number of hydrogen-bond acceptors (Lipinski definition) is 3. The number of carboxylic acids is 1. The van der Waals surface area contributed by atoms with E-state index in [0.29, 0.717) is 0 Å². The molecular weight excluding hydrogens is 234 g/mol. The second-order valence-electron chi connectivity index (χ2n) is 4.42. The molecule has 0 saturated carbocycles. The molecule has 2 heterocycles. The Kier molecular flexibility index (Phi) is 3.99. The molecule has 1 aliphatic rings. The van der Waals surface area contributed by atoms with Crippen molar-refractivity contribution < 1.29 is 14.7 Å². The summed E-state index contributed by atoms with van der Waals surface area (Å²) in [6, 6.07) is 3.31. The Morgan fingerprint density at radius 3 is 2.83 bits per heavy atom. The molecule has 0 aromatic carbocycles. The number of hydrogen-bond donors (Lipinski definition) is 3. The van der Waals surface area contributed by atoms with Crippen LogP contribution in [0.2, 0.25) is 0 Å². The van der Waals surface area contributed by atoms with Crippen molar-refractivity contribution in [3.05, 3.63) is 24.0 Å². The lowest BCUT2D eigenvalue weighted by Crippen LogP contribution is -2.43. The van der Waals surface area contributed by atoms with Crippen molar-refractivity contribution in [3.63, 3.8) is 0 Å². The fraction of sp³-hybridized carbons (Fsp3) is 0.500. The molecule has 6 heteroatoms. The van der Waals surface area contributed by atoms with Gasteiger partial charge >= 0.3 is 5.97 Å². The van der Waals surface area contributed by atoms with Crippen LogP contribution in [0.1, 0.15) is 23.3 Å². The molecule has 0 atom stereocenters. The second kappa shape index (κ2) is 5.68. The average molecular weight is 251 g/mol. The standard InChI is InChI=1S/C12H17N3O3/c16-11(14-9-3-5-13-6-4-9)8-15-7-1-2-10(15)12(17)18/h1-2,7,9,13H,3-6,8H2,(H,14,16)(H,17,18). The molecule has 1 aliphatic heterocycles. The first kappa shape index (κ1) is 12.6. The summed E-state index contributed by atoms with van der Waals surface area (Å²) in [5, 5.41) is 15.1. The van der Waals surface area contributed by atoms with Crippen LogP contribution in [0.5, 0.6) is 0 Å². The molecule has 0 spiro atoms. The van der Waals surface area contributed by atoms with Crippen molar-refractivity contribution in [1.29, 1.82) is 0 Å². The average Bonchev–Trinajstić information content (AvgIpc) is 2.78. The van der Waals surface area contributed by atoms with Gasteiger partial charge in [0.2, 0.25) is 5.91 Å². The van der Waals surface area contributed by atoms with E-state index < -0.39 is 5.97 Å². The quantitative estimate of drug-likeness (QED) is 0.706. The van der Waals surface area contributed by atoms with E-state index in [4.69, 9.17) is 5.11 Å². The van der Waals surface area contributed by atoms with Gasteiger partial charge in [0, 0.05) is 12.2 Å². The van der Waals surface area contributed by atoms with Crippen LogP contribution >= 0.6 is 0 Å². The number of carbonyl (C=O) groups is 2. The number of carboxylic acid groups (broad SMARTS) is 1. The number of nitrogens with zero attached hydrogens (tertiary/aromatic N) is 1. The fourth-order valence-electron chi connectivity index (χ4n) is 2.14. The molecule has 0 bridgehead atoms. The maximum Gasteiger partial charge on any atom is 0.352 e. The molecule has 6 nitrogen and oxygen atoms in total. The molecule has 1 aromatic rings. The van der Waals surface area contributed by atoms with Crippen LogP contribution in [0, 0.1) is 0 Å². The van der Waals surface area contributed by atoms with E-state index in [9.17, 15) is 9.59 Å². The molecule has 1 fully saturated rings. The summed E-state index contributed by atoms with van der Waals surface area (Å²) in [5.41, 5.74) is 0.135. The number of carbonyl (C=O) groups excluding carboxylic acids is 1. The number of aromatic nitrogens is 1. The molecule has 1 saturated heterocycles. The molecule has 18 heavy (non-hydrogen) atoms. The first-order valence-electron chi connectivity index (χ1n) is 6.05. The first-order chi connectivity index (χ1) is 8.66. The summed E-state index contributed by atoms with van der Waals surface area (Å²) in [6.07, 6.45) is 3.44. The van der Waals surface area contributed by atoms with Gasteiger partial charge in [-0.25, -0.2) is 4.79 Å². The third kappa shape index (κ3) is 3.10. The van der Waals surface area contributed by atoms with Crippen molar-refractivity contribution in [2.75, 3.05) is 13.1 Å². The summed E-state index contributed by atoms with van der Waals surface area (Å²) in [5.74, 6) is -1.16. The number of nitrogens with one attached hydrogen (secondary N) is 2. The highest BCUT2D eigenvalue weighted by molar-refractivity contribution is 5.86. The van der Waals surface area contributed by atoms with Gasteiger partial charge in [0.1, 0.15) is 12.2 Å². The molecular formula is C12H17N3O3. The second-order valence-corrected chi connectivity index (χ2v) is 4.42. The van der Waals surface area contributed by atoms with Gasteiger partial charge in [0.15, 0.2) is 0 Å². The minimum absolute atomic E-state index is 0.0541. The van der Waals surface area contributed by atoms with Crippen LogP contribution in [0.15, 0.2) is 18.3 Å². The lowest BCUT2D eigenvalue weighted by Gasteiger charge is -2.23. The monoisotopic (exact) mass is 251 g/mol. The van der Waals surface area contributed by atoms with E-state index in [2.05, 4.69) is 10.6 Å². The zero-order valence-electron chi connectivity index (χ0n) is 10.1. The lowest BCUT2D eigenvalue weighted by molar-refractivity contribution is -0.122. The number of amides is 1. The van der Waals surface area contributed by atoms with Gasteiger partial charge in [0.05, 0.1) is 0 Å².